The molecule has 3 amide bonds. The number of hydrogen-bond donors (Lipinski definition) is 9. The number of carboxylic acids is 1. The maximum atomic E-state index is 13.5. The predicted octanol–water partition coefficient (Wildman–Crippen LogP) is 0.584. The summed E-state index contributed by atoms with van der Waals surface area (Å²) in [5, 5.41) is 28.1. The fourth-order valence-corrected chi connectivity index (χ4v) is 4.71. The highest BCUT2D eigenvalue weighted by atomic mass is 32.1. The van der Waals surface area contributed by atoms with Crippen LogP contribution in [0.5, 0.6) is 5.75 Å². The Morgan fingerprint density at radius 1 is 0.857 bits per heavy atom. The summed E-state index contributed by atoms with van der Waals surface area (Å²) in [5.41, 5.74) is 13.6. The molecule has 3 rings (SSSR count). The van der Waals surface area contributed by atoms with Crippen LogP contribution < -0.4 is 27.4 Å². The van der Waals surface area contributed by atoms with Gasteiger partial charge in [0.15, 0.2) is 0 Å². The number of thiol groups is 1. The number of fused-ring (bicyclic) bond motifs is 1. The van der Waals surface area contributed by atoms with Crippen LogP contribution in [0.2, 0.25) is 0 Å². The first-order valence-corrected chi connectivity index (χ1v) is 14.3. The van der Waals surface area contributed by atoms with Crippen molar-refractivity contribution in [1.29, 1.82) is 0 Å². The number of benzene rings is 2. The topological polar surface area (TPSA) is 213 Å². The van der Waals surface area contributed by atoms with Crippen LogP contribution in [0.25, 0.3) is 10.9 Å². The standard InChI is InChI=1S/C29H38N6O6S/c30-12-4-3-6-21(31)26(37)35-25(16-42)28(39)33-23(13-17-8-10-19(36)11-9-17)27(38)34-24(29(40)41)14-18-15-32-22-7-2-1-5-20(18)22/h1-2,5,7-11,15,21,23-25,32,36,42H,3-4,6,12-14,16,30-31H2,(H,33,39)(H,34,38)(H,35,37)(H,40,41). The van der Waals surface area contributed by atoms with Crippen molar-refractivity contribution in [2.45, 2.75) is 56.3 Å². The fourth-order valence-electron chi connectivity index (χ4n) is 4.45. The quantitative estimate of drug-likeness (QED) is 0.0838. The number of aliphatic carboxylic acids is 1. The maximum Gasteiger partial charge on any atom is 0.326 e. The molecule has 13 heteroatoms. The number of phenolic OH excluding ortho intramolecular Hbond substituents is 1. The van der Waals surface area contributed by atoms with Crippen LogP contribution in [0.3, 0.4) is 0 Å². The summed E-state index contributed by atoms with van der Waals surface area (Å²) >= 11 is 4.19. The number of amides is 3. The molecule has 0 saturated heterocycles. The predicted molar refractivity (Wildman–Crippen MR) is 162 cm³/mol. The highest BCUT2D eigenvalue weighted by Gasteiger charge is 2.30. The Morgan fingerprint density at radius 3 is 2.17 bits per heavy atom. The van der Waals surface area contributed by atoms with Gasteiger partial charge < -0.3 is 42.6 Å². The number of para-hydroxylation sites is 1. The van der Waals surface area contributed by atoms with Gasteiger partial charge in [0.1, 0.15) is 23.9 Å². The molecule has 0 bridgehead atoms. The fraction of sp³-hybridized carbons (Fsp3) is 0.379. The average Bonchev–Trinajstić information content (AvgIpc) is 3.38. The lowest BCUT2D eigenvalue weighted by Crippen LogP contribution is -2.58. The van der Waals surface area contributed by atoms with E-state index in [0.29, 0.717) is 36.9 Å². The van der Waals surface area contributed by atoms with Gasteiger partial charge in [0.25, 0.3) is 0 Å². The molecule has 0 aliphatic carbocycles. The van der Waals surface area contributed by atoms with E-state index in [4.69, 9.17) is 11.5 Å². The summed E-state index contributed by atoms with van der Waals surface area (Å²) in [6.45, 7) is 0.477. The molecule has 2 aromatic carbocycles. The molecule has 1 heterocycles. The number of rotatable bonds is 16. The Labute approximate surface area is 249 Å². The number of aromatic hydroxyl groups is 1. The van der Waals surface area contributed by atoms with E-state index in [1.165, 1.54) is 12.1 Å². The number of aromatic nitrogens is 1. The van der Waals surface area contributed by atoms with Gasteiger partial charge in [-0.15, -0.1) is 0 Å². The molecule has 0 aliphatic heterocycles. The second-order valence-electron chi connectivity index (χ2n) is 10.0. The number of unbranched alkanes of at least 4 members (excludes halogenated alkanes) is 1. The van der Waals surface area contributed by atoms with E-state index < -0.39 is 47.9 Å². The molecule has 0 saturated carbocycles. The summed E-state index contributed by atoms with van der Waals surface area (Å²) in [7, 11) is 0. The van der Waals surface area contributed by atoms with Gasteiger partial charge in [-0.3, -0.25) is 14.4 Å². The second kappa shape index (κ2) is 15.8. The highest BCUT2D eigenvalue weighted by molar-refractivity contribution is 7.80. The summed E-state index contributed by atoms with van der Waals surface area (Å²) in [6, 6.07) is 9.01. The zero-order valence-corrected chi connectivity index (χ0v) is 24.0. The van der Waals surface area contributed by atoms with Crippen LogP contribution in [0.4, 0.5) is 0 Å². The molecule has 12 nitrogen and oxygen atoms in total. The van der Waals surface area contributed by atoms with Crippen LogP contribution in [0.1, 0.15) is 30.4 Å². The molecular formula is C29H38N6O6S. The number of hydrogen-bond acceptors (Lipinski definition) is 8. The first-order valence-electron chi connectivity index (χ1n) is 13.7. The van der Waals surface area contributed by atoms with E-state index >= 15 is 0 Å². The monoisotopic (exact) mass is 598 g/mol. The van der Waals surface area contributed by atoms with Gasteiger partial charge in [0.05, 0.1) is 6.04 Å². The Bertz CT molecular complexity index is 1360. The van der Waals surface area contributed by atoms with Crippen LogP contribution in [-0.2, 0) is 32.0 Å². The van der Waals surface area contributed by atoms with Crippen molar-refractivity contribution in [2.75, 3.05) is 12.3 Å². The Balaban J connectivity index is 1.75. The van der Waals surface area contributed by atoms with Crippen LogP contribution in [0.15, 0.2) is 54.7 Å². The van der Waals surface area contributed by atoms with Gasteiger partial charge in [-0.1, -0.05) is 36.8 Å². The second-order valence-corrected chi connectivity index (χ2v) is 10.4. The SMILES string of the molecule is NCCCCC(N)C(=O)NC(CS)C(=O)NC(Cc1ccc(O)cc1)C(=O)NC(Cc1c[nH]c2ccccc12)C(=O)O. The molecule has 10 N–H and O–H groups in total. The van der Waals surface area contributed by atoms with E-state index in [2.05, 4.69) is 33.6 Å². The first-order chi connectivity index (χ1) is 20.1. The third-order valence-corrected chi connectivity index (χ3v) is 7.21. The molecule has 3 aromatic rings. The Hall–Kier alpha value is -4.07. The van der Waals surface area contributed by atoms with E-state index in [1.807, 2.05) is 24.3 Å². The molecule has 0 aliphatic rings. The van der Waals surface area contributed by atoms with E-state index in [1.54, 1.807) is 18.3 Å². The Morgan fingerprint density at radius 2 is 1.50 bits per heavy atom. The number of aromatic amines is 1. The molecule has 0 spiro atoms. The number of phenols is 1. The third-order valence-electron chi connectivity index (χ3n) is 6.84. The molecule has 42 heavy (non-hydrogen) atoms. The van der Waals surface area contributed by atoms with Crippen molar-refractivity contribution in [2.24, 2.45) is 11.5 Å². The van der Waals surface area contributed by atoms with Crippen LogP contribution in [0, 0.1) is 0 Å². The van der Waals surface area contributed by atoms with Gasteiger partial charge in [0, 0.05) is 35.7 Å². The van der Waals surface area contributed by atoms with Crippen molar-refractivity contribution >= 4 is 47.2 Å². The zero-order chi connectivity index (χ0) is 30.6. The first kappa shape index (κ1) is 32.4. The van der Waals surface area contributed by atoms with Crippen molar-refractivity contribution in [3.8, 4) is 5.75 Å². The number of carbonyl (C=O) groups is 4. The van der Waals surface area contributed by atoms with Gasteiger partial charge in [-0.2, -0.15) is 12.6 Å². The highest BCUT2D eigenvalue weighted by Crippen LogP contribution is 2.19. The lowest BCUT2D eigenvalue weighted by atomic mass is 10.0. The normalized spacial score (nSPS) is 14.0. The molecule has 0 radical (unpaired) electrons. The molecule has 4 unspecified atom stereocenters. The van der Waals surface area contributed by atoms with E-state index in [-0.39, 0.29) is 24.3 Å². The largest absolute Gasteiger partial charge is 0.508 e. The lowest BCUT2D eigenvalue weighted by Gasteiger charge is -2.25. The van der Waals surface area contributed by atoms with Gasteiger partial charge in [-0.25, -0.2) is 4.79 Å². The van der Waals surface area contributed by atoms with Crippen molar-refractivity contribution in [1.82, 2.24) is 20.9 Å². The summed E-state index contributed by atoms with van der Waals surface area (Å²) in [5.74, 6) is -3.24. The minimum absolute atomic E-state index is 0.00231. The minimum atomic E-state index is -1.29. The smallest absolute Gasteiger partial charge is 0.326 e. The number of nitrogens with one attached hydrogen (secondary N) is 4. The maximum absolute atomic E-state index is 13.5. The summed E-state index contributed by atoms with van der Waals surface area (Å²) in [4.78, 5) is 54.5. The molecule has 0 fully saturated rings. The number of carboxylic acid groups (broad SMARTS) is 1. The van der Waals surface area contributed by atoms with Crippen molar-refractivity contribution in [3.63, 3.8) is 0 Å². The number of nitrogens with two attached hydrogens (primary N) is 2. The average molecular weight is 599 g/mol. The van der Waals surface area contributed by atoms with Crippen LogP contribution >= 0.6 is 12.6 Å². The van der Waals surface area contributed by atoms with Crippen LogP contribution in [-0.4, -0.2) is 75.4 Å². The zero-order valence-electron chi connectivity index (χ0n) is 23.1. The Kier molecular flexibility index (Phi) is 12.2. The minimum Gasteiger partial charge on any atom is -0.508 e. The molecular weight excluding hydrogens is 560 g/mol. The molecule has 226 valence electrons. The van der Waals surface area contributed by atoms with Crippen molar-refractivity contribution in [3.05, 3.63) is 65.9 Å². The number of carbonyl (C=O) groups excluding carboxylic acids is 3. The third kappa shape index (κ3) is 9.23. The van der Waals surface area contributed by atoms with Gasteiger partial charge in [0.2, 0.25) is 17.7 Å². The lowest BCUT2D eigenvalue weighted by molar-refractivity contribution is -0.142. The van der Waals surface area contributed by atoms with Gasteiger partial charge >= 0.3 is 5.97 Å². The molecule has 1 aromatic heterocycles. The van der Waals surface area contributed by atoms with Gasteiger partial charge in [-0.05, 0) is 48.7 Å². The van der Waals surface area contributed by atoms with E-state index in [0.717, 1.165) is 10.9 Å². The summed E-state index contributed by atoms with van der Waals surface area (Å²) < 4.78 is 0. The van der Waals surface area contributed by atoms with E-state index in [9.17, 15) is 29.4 Å². The van der Waals surface area contributed by atoms with Crippen molar-refractivity contribution < 1.29 is 29.4 Å². The summed E-state index contributed by atoms with van der Waals surface area (Å²) in [6.07, 6.45) is 3.45. The molecule has 4 atom stereocenters. The number of H-pyrrole nitrogens is 1.